The zero-order chi connectivity index (χ0) is 15.2. The van der Waals surface area contributed by atoms with Gasteiger partial charge in [0.2, 0.25) is 0 Å². The van der Waals surface area contributed by atoms with Crippen molar-refractivity contribution >= 4 is 33.0 Å². The lowest BCUT2D eigenvalue weighted by Gasteiger charge is -2.05. The molecule has 1 heterocycles. The number of ether oxygens (including phenoxy) is 1. The molecule has 0 spiro atoms. The molecule has 1 N–H and O–H groups in total. The number of aliphatic hydroxyl groups excluding tert-OH is 1. The second kappa shape index (κ2) is 7.22. The first-order valence-electron chi connectivity index (χ1n) is 5.84. The van der Waals surface area contributed by atoms with E-state index in [4.69, 9.17) is 9.84 Å². The van der Waals surface area contributed by atoms with Crippen LogP contribution in [0, 0.1) is 22.0 Å². The van der Waals surface area contributed by atoms with Gasteiger partial charge in [0.05, 0.1) is 15.9 Å². The molecule has 7 heteroatoms. The number of non-ortho nitro benzene ring substituents is 1. The van der Waals surface area contributed by atoms with Gasteiger partial charge >= 0.3 is 0 Å². The number of hydrogen-bond acceptors (Lipinski definition) is 5. The topological polar surface area (TPSA) is 72.6 Å². The lowest BCUT2D eigenvalue weighted by atomic mass is 10.3. The number of rotatable bonds is 4. The lowest BCUT2D eigenvalue weighted by molar-refractivity contribution is -0.385. The van der Waals surface area contributed by atoms with E-state index in [1.807, 2.05) is 12.1 Å². The second-order valence-electron chi connectivity index (χ2n) is 3.92. The predicted octanol–water partition coefficient (Wildman–Crippen LogP) is 3.34. The van der Waals surface area contributed by atoms with Crippen LogP contribution in [-0.4, -0.2) is 16.6 Å². The van der Waals surface area contributed by atoms with E-state index in [-0.39, 0.29) is 12.3 Å². The molecule has 2 rings (SSSR count). The molecule has 0 bridgehead atoms. The fourth-order valence-corrected chi connectivity index (χ4v) is 2.80. The molecule has 0 fully saturated rings. The summed E-state index contributed by atoms with van der Waals surface area (Å²) >= 11 is 4.67. The van der Waals surface area contributed by atoms with E-state index < -0.39 is 4.92 Å². The van der Waals surface area contributed by atoms with Crippen molar-refractivity contribution in [2.75, 3.05) is 6.61 Å². The van der Waals surface area contributed by atoms with Crippen molar-refractivity contribution in [3.05, 3.63) is 54.7 Å². The van der Waals surface area contributed by atoms with Crippen LogP contribution >= 0.6 is 27.3 Å². The van der Waals surface area contributed by atoms with E-state index in [1.54, 1.807) is 6.07 Å². The number of nitrogens with zero attached hydrogens (tertiary/aromatic N) is 1. The Morgan fingerprint density at radius 2 is 2.19 bits per heavy atom. The number of nitro benzene ring substituents is 1. The van der Waals surface area contributed by atoms with E-state index in [0.29, 0.717) is 16.8 Å². The van der Waals surface area contributed by atoms with E-state index in [1.165, 1.54) is 23.5 Å². The summed E-state index contributed by atoms with van der Waals surface area (Å²) in [5.74, 6) is 5.81. The molecule has 108 valence electrons. The highest BCUT2D eigenvalue weighted by Gasteiger charge is 2.10. The molecular weight excluding hydrogens is 358 g/mol. The van der Waals surface area contributed by atoms with Gasteiger partial charge in [-0.05, 0) is 18.2 Å². The van der Waals surface area contributed by atoms with Crippen molar-refractivity contribution < 1.29 is 14.8 Å². The monoisotopic (exact) mass is 367 g/mol. The molecule has 0 amide bonds. The molecule has 2 aromatic rings. The maximum atomic E-state index is 10.8. The number of aliphatic hydroxyl groups is 1. The normalized spacial score (nSPS) is 9.81. The number of benzene rings is 1. The summed E-state index contributed by atoms with van der Waals surface area (Å²) in [5.41, 5.74) is -0.0277. The molecule has 21 heavy (non-hydrogen) atoms. The zero-order valence-corrected chi connectivity index (χ0v) is 13.1. The molecule has 0 unspecified atom stereocenters. The summed E-state index contributed by atoms with van der Waals surface area (Å²) in [4.78, 5) is 12.1. The fourth-order valence-electron chi connectivity index (χ4n) is 1.54. The van der Waals surface area contributed by atoms with Gasteiger partial charge in [-0.2, -0.15) is 0 Å². The Kier molecular flexibility index (Phi) is 5.33. The minimum absolute atomic E-state index is 0.0277. The molecule has 0 aliphatic rings. The van der Waals surface area contributed by atoms with Crippen molar-refractivity contribution in [3.63, 3.8) is 0 Å². The third kappa shape index (κ3) is 4.56. The number of thiophene rings is 1. The molecule has 0 aliphatic carbocycles. The van der Waals surface area contributed by atoms with Gasteiger partial charge in [0.15, 0.2) is 0 Å². The van der Waals surface area contributed by atoms with Crippen LogP contribution in [-0.2, 0) is 6.61 Å². The molecule has 1 aromatic heterocycles. The average Bonchev–Trinajstić information content (AvgIpc) is 2.90. The van der Waals surface area contributed by atoms with Crippen molar-refractivity contribution in [2.45, 2.75) is 6.61 Å². The van der Waals surface area contributed by atoms with Gasteiger partial charge in [0.1, 0.15) is 19.0 Å². The van der Waals surface area contributed by atoms with Gasteiger partial charge in [-0.1, -0.05) is 27.8 Å². The first kappa shape index (κ1) is 15.5. The van der Waals surface area contributed by atoms with Crippen LogP contribution in [0.4, 0.5) is 5.69 Å². The van der Waals surface area contributed by atoms with Gasteiger partial charge in [-0.3, -0.25) is 10.1 Å². The quantitative estimate of drug-likeness (QED) is 0.510. The highest BCUT2D eigenvalue weighted by Crippen LogP contribution is 2.27. The van der Waals surface area contributed by atoms with Crippen LogP contribution in [0.5, 0.6) is 5.75 Å². The summed E-state index contributed by atoms with van der Waals surface area (Å²) in [6, 6.07) is 8.19. The molecule has 0 saturated carbocycles. The Morgan fingerprint density at radius 3 is 2.90 bits per heavy atom. The Balaban J connectivity index is 2.06. The second-order valence-corrected chi connectivity index (χ2v) is 6.00. The van der Waals surface area contributed by atoms with Gasteiger partial charge in [-0.15, -0.1) is 11.3 Å². The van der Waals surface area contributed by atoms with Crippen LogP contribution in [0.15, 0.2) is 34.8 Å². The molecule has 0 saturated heterocycles. The van der Waals surface area contributed by atoms with Gasteiger partial charge in [-0.25, -0.2) is 0 Å². The van der Waals surface area contributed by atoms with Gasteiger partial charge in [0, 0.05) is 15.4 Å². The zero-order valence-electron chi connectivity index (χ0n) is 10.7. The number of hydrogen-bond donors (Lipinski definition) is 1. The Bertz CT molecular complexity index is 717. The van der Waals surface area contributed by atoms with E-state index in [9.17, 15) is 10.1 Å². The molecular formula is C14H10BrNO4S. The van der Waals surface area contributed by atoms with Crippen molar-refractivity contribution in [1.29, 1.82) is 0 Å². The average molecular weight is 368 g/mol. The van der Waals surface area contributed by atoms with Crippen LogP contribution in [0.25, 0.3) is 0 Å². The lowest BCUT2D eigenvalue weighted by Crippen LogP contribution is -1.94. The molecule has 1 aromatic carbocycles. The van der Waals surface area contributed by atoms with Crippen LogP contribution in [0.1, 0.15) is 9.75 Å². The Morgan fingerprint density at radius 1 is 1.38 bits per heavy atom. The molecule has 5 nitrogen and oxygen atoms in total. The maximum absolute atomic E-state index is 10.8. The fraction of sp³-hybridized carbons (Fsp3) is 0.143. The number of halogens is 1. The van der Waals surface area contributed by atoms with E-state index in [2.05, 4.69) is 27.8 Å². The van der Waals surface area contributed by atoms with Crippen LogP contribution in [0.3, 0.4) is 0 Å². The third-order valence-electron chi connectivity index (χ3n) is 2.40. The molecule has 0 atom stereocenters. The van der Waals surface area contributed by atoms with Crippen LogP contribution < -0.4 is 4.74 Å². The third-order valence-corrected chi connectivity index (χ3v) is 3.83. The van der Waals surface area contributed by atoms with Crippen molar-refractivity contribution in [2.24, 2.45) is 0 Å². The van der Waals surface area contributed by atoms with Crippen LogP contribution in [0.2, 0.25) is 0 Å². The summed E-state index contributed by atoms with van der Waals surface area (Å²) in [5, 5.41) is 19.4. The minimum atomic E-state index is -0.467. The van der Waals surface area contributed by atoms with Crippen molar-refractivity contribution in [3.8, 4) is 17.6 Å². The van der Waals surface area contributed by atoms with Gasteiger partial charge < -0.3 is 9.84 Å². The summed E-state index contributed by atoms with van der Waals surface area (Å²) < 4.78 is 6.15. The minimum Gasteiger partial charge on any atom is -0.488 e. The number of nitro groups is 1. The SMILES string of the molecule is O=[N+]([O-])c1cc(Br)cc(OCc2ccc(C#CCO)s2)c1. The first-order chi connectivity index (χ1) is 10.1. The molecule has 0 radical (unpaired) electrons. The van der Waals surface area contributed by atoms with E-state index >= 15 is 0 Å². The summed E-state index contributed by atoms with van der Waals surface area (Å²) in [6.07, 6.45) is 0. The Labute approximate surface area is 133 Å². The largest absolute Gasteiger partial charge is 0.488 e. The maximum Gasteiger partial charge on any atom is 0.274 e. The highest BCUT2D eigenvalue weighted by atomic mass is 79.9. The molecule has 0 aliphatic heterocycles. The smallest absolute Gasteiger partial charge is 0.274 e. The predicted molar refractivity (Wildman–Crippen MR) is 83.4 cm³/mol. The Hall–Kier alpha value is -1.88. The summed E-state index contributed by atoms with van der Waals surface area (Å²) in [6.45, 7) is 0.129. The highest BCUT2D eigenvalue weighted by molar-refractivity contribution is 9.10. The standard InChI is InChI=1S/C14H10BrNO4S/c15-10-6-11(16(18)19)8-12(7-10)20-9-14-4-3-13(21-14)2-1-5-17/h3-4,6-8,17H,5,9H2. The van der Waals surface area contributed by atoms with Crippen molar-refractivity contribution in [1.82, 2.24) is 0 Å². The van der Waals surface area contributed by atoms with Gasteiger partial charge in [0.25, 0.3) is 5.69 Å². The first-order valence-corrected chi connectivity index (χ1v) is 7.45. The van der Waals surface area contributed by atoms with E-state index in [0.717, 1.165) is 9.75 Å². The summed E-state index contributed by atoms with van der Waals surface area (Å²) in [7, 11) is 0.